The topological polar surface area (TPSA) is 95.5 Å². The summed E-state index contributed by atoms with van der Waals surface area (Å²) in [6.07, 6.45) is 2.38. The maximum atomic E-state index is 12.1. The molecule has 0 N–H and O–H groups in total. The lowest BCUT2D eigenvalue weighted by Crippen LogP contribution is -2.54. The number of carbonyl (C=O) groups is 2. The lowest BCUT2D eigenvalue weighted by Gasteiger charge is -2.37. The maximum Gasteiger partial charge on any atom is 0.411 e. The third-order valence-corrected chi connectivity index (χ3v) is 2.84. The third-order valence-electron chi connectivity index (χ3n) is 2.84. The zero-order valence-corrected chi connectivity index (χ0v) is 11.6. The van der Waals surface area contributed by atoms with Crippen molar-refractivity contribution in [3.8, 4) is 0 Å². The molecule has 1 aromatic heterocycles. The second-order valence-electron chi connectivity index (χ2n) is 5.60. The van der Waals surface area contributed by atoms with Crippen molar-refractivity contribution in [1.82, 2.24) is 14.9 Å². The van der Waals surface area contributed by atoms with Gasteiger partial charge in [-0.2, -0.15) is 0 Å². The molecule has 7 nitrogen and oxygen atoms in total. The second kappa shape index (κ2) is 5.07. The fourth-order valence-corrected chi connectivity index (χ4v) is 1.99. The molecular weight excluding hydrogens is 262 g/mol. The van der Waals surface area contributed by atoms with Crippen LogP contribution in [-0.4, -0.2) is 38.6 Å². The van der Waals surface area contributed by atoms with Crippen LogP contribution in [0.2, 0.25) is 0 Å². The van der Waals surface area contributed by atoms with Gasteiger partial charge in [0.2, 0.25) is 0 Å². The number of carboxylic acid groups (broad SMARTS) is 1. The monoisotopic (exact) mass is 278 g/mol. The first-order valence-corrected chi connectivity index (χ1v) is 6.27. The van der Waals surface area contributed by atoms with Crippen LogP contribution in [0.1, 0.15) is 32.2 Å². The molecule has 0 radical (unpaired) electrons. The lowest BCUT2D eigenvalue weighted by atomic mass is 10.0. The van der Waals surface area contributed by atoms with Crippen LogP contribution >= 0.6 is 0 Å². The molecule has 0 bridgehead atoms. The number of aromatic nitrogens is 2. The summed E-state index contributed by atoms with van der Waals surface area (Å²) in [6.45, 7) is 5.21. The summed E-state index contributed by atoms with van der Waals surface area (Å²) in [7, 11) is 0. The minimum atomic E-state index is -1.33. The number of hydrogen-bond donors (Lipinski definition) is 0. The summed E-state index contributed by atoms with van der Waals surface area (Å²) in [6, 6.07) is -1.09. The average Bonchev–Trinajstić information content (AvgIpc) is 2.35. The first kappa shape index (κ1) is 14.2. The SMILES string of the molecule is CC(C)(C)OC(=O)N1Cc2nccnc2CC1C(=O)[O-]. The molecule has 0 saturated carbocycles. The summed E-state index contributed by atoms with van der Waals surface area (Å²) >= 11 is 0. The van der Waals surface area contributed by atoms with Crippen molar-refractivity contribution in [1.29, 1.82) is 0 Å². The molecule has 0 spiro atoms. The number of hydrogen-bond acceptors (Lipinski definition) is 6. The Morgan fingerprint density at radius 2 is 1.90 bits per heavy atom. The molecule has 2 rings (SSSR count). The Balaban J connectivity index is 2.27. The second-order valence-corrected chi connectivity index (χ2v) is 5.60. The largest absolute Gasteiger partial charge is 0.548 e. The van der Waals surface area contributed by atoms with E-state index in [-0.39, 0.29) is 13.0 Å². The number of ether oxygens (including phenoxy) is 1. The summed E-state index contributed by atoms with van der Waals surface area (Å²) in [5.41, 5.74) is 0.452. The fourth-order valence-electron chi connectivity index (χ4n) is 1.99. The van der Waals surface area contributed by atoms with Gasteiger partial charge < -0.3 is 14.6 Å². The van der Waals surface area contributed by atoms with Crippen LogP contribution in [-0.2, 0) is 22.5 Å². The molecular formula is C13H16N3O4-. The molecule has 2 heterocycles. The van der Waals surface area contributed by atoms with Gasteiger partial charge in [0, 0.05) is 18.8 Å². The Kier molecular flexibility index (Phi) is 3.61. The van der Waals surface area contributed by atoms with Gasteiger partial charge in [-0.15, -0.1) is 0 Å². The highest BCUT2D eigenvalue weighted by molar-refractivity contribution is 5.79. The number of nitrogens with zero attached hydrogens (tertiary/aromatic N) is 3. The van der Waals surface area contributed by atoms with Crippen molar-refractivity contribution in [2.45, 2.75) is 45.4 Å². The summed E-state index contributed by atoms with van der Waals surface area (Å²) in [4.78, 5) is 32.7. The van der Waals surface area contributed by atoms with E-state index in [1.807, 2.05) is 0 Å². The Labute approximate surface area is 116 Å². The molecule has 108 valence electrons. The molecule has 20 heavy (non-hydrogen) atoms. The molecule has 0 fully saturated rings. The molecule has 1 atom stereocenters. The van der Waals surface area contributed by atoms with Gasteiger partial charge in [0.25, 0.3) is 0 Å². The van der Waals surface area contributed by atoms with E-state index in [1.165, 1.54) is 12.4 Å². The van der Waals surface area contributed by atoms with Gasteiger partial charge in [-0.05, 0) is 20.8 Å². The fraction of sp³-hybridized carbons (Fsp3) is 0.538. The average molecular weight is 278 g/mol. The van der Waals surface area contributed by atoms with Gasteiger partial charge in [-0.25, -0.2) is 4.79 Å². The predicted octanol–water partition coefficient (Wildman–Crippen LogP) is -0.112. The first-order valence-electron chi connectivity index (χ1n) is 6.27. The van der Waals surface area contributed by atoms with E-state index in [0.717, 1.165) is 4.90 Å². The van der Waals surface area contributed by atoms with Crippen molar-refractivity contribution < 1.29 is 19.4 Å². The standard InChI is InChI=1S/C13H17N3O4/c1-13(2,3)20-12(19)16-7-9-8(14-4-5-15-9)6-10(16)11(17)18/h4-5,10H,6-7H2,1-3H3,(H,17,18)/p-1. The highest BCUT2D eigenvalue weighted by Gasteiger charge is 2.34. The van der Waals surface area contributed by atoms with Crippen LogP contribution in [0, 0.1) is 0 Å². The van der Waals surface area contributed by atoms with Crippen molar-refractivity contribution in [3.05, 3.63) is 23.8 Å². The number of fused-ring (bicyclic) bond motifs is 1. The molecule has 0 aliphatic carbocycles. The Morgan fingerprint density at radius 1 is 1.30 bits per heavy atom. The Bertz CT molecular complexity index is 539. The van der Waals surface area contributed by atoms with E-state index in [4.69, 9.17) is 4.74 Å². The Hall–Kier alpha value is -2.18. The molecule has 7 heteroatoms. The van der Waals surface area contributed by atoms with Gasteiger partial charge in [0.05, 0.1) is 29.9 Å². The van der Waals surface area contributed by atoms with E-state index in [1.54, 1.807) is 20.8 Å². The molecule has 1 amide bonds. The molecule has 1 unspecified atom stereocenters. The van der Waals surface area contributed by atoms with E-state index in [0.29, 0.717) is 11.4 Å². The molecule has 1 aliphatic heterocycles. The van der Waals surface area contributed by atoms with E-state index >= 15 is 0 Å². The van der Waals surface area contributed by atoms with Gasteiger partial charge in [0.1, 0.15) is 5.60 Å². The number of amides is 1. The van der Waals surface area contributed by atoms with E-state index in [9.17, 15) is 14.7 Å². The van der Waals surface area contributed by atoms with Crippen LogP contribution in [0.15, 0.2) is 12.4 Å². The van der Waals surface area contributed by atoms with Gasteiger partial charge >= 0.3 is 6.09 Å². The quantitative estimate of drug-likeness (QED) is 0.711. The zero-order chi connectivity index (χ0) is 14.9. The van der Waals surface area contributed by atoms with Crippen molar-refractivity contribution in [3.63, 3.8) is 0 Å². The minimum absolute atomic E-state index is 0.0523. The smallest absolute Gasteiger partial charge is 0.411 e. The van der Waals surface area contributed by atoms with Crippen molar-refractivity contribution in [2.24, 2.45) is 0 Å². The predicted molar refractivity (Wildman–Crippen MR) is 66.3 cm³/mol. The van der Waals surface area contributed by atoms with Crippen LogP contribution in [0.3, 0.4) is 0 Å². The molecule has 1 aliphatic rings. The highest BCUT2D eigenvalue weighted by Crippen LogP contribution is 2.22. The Morgan fingerprint density at radius 3 is 2.45 bits per heavy atom. The molecule has 0 aromatic carbocycles. The number of aliphatic carboxylic acids is 1. The van der Waals surface area contributed by atoms with Gasteiger partial charge in [-0.3, -0.25) is 14.9 Å². The highest BCUT2D eigenvalue weighted by atomic mass is 16.6. The normalized spacial score (nSPS) is 18.4. The lowest BCUT2D eigenvalue weighted by molar-refractivity contribution is -0.311. The van der Waals surface area contributed by atoms with E-state index in [2.05, 4.69) is 9.97 Å². The number of carbonyl (C=O) groups excluding carboxylic acids is 2. The summed E-state index contributed by atoms with van der Waals surface area (Å²) in [5.74, 6) is -1.33. The molecule has 0 saturated heterocycles. The van der Waals surface area contributed by atoms with Crippen molar-refractivity contribution >= 4 is 12.1 Å². The van der Waals surface area contributed by atoms with Crippen LogP contribution in [0.4, 0.5) is 4.79 Å². The summed E-state index contributed by atoms with van der Waals surface area (Å²) < 4.78 is 5.22. The van der Waals surface area contributed by atoms with Crippen LogP contribution in [0.25, 0.3) is 0 Å². The summed E-state index contributed by atoms with van der Waals surface area (Å²) in [5, 5.41) is 11.2. The zero-order valence-electron chi connectivity index (χ0n) is 11.6. The number of rotatable bonds is 1. The minimum Gasteiger partial charge on any atom is -0.548 e. The third kappa shape index (κ3) is 3.04. The van der Waals surface area contributed by atoms with Crippen LogP contribution in [0.5, 0.6) is 0 Å². The van der Waals surface area contributed by atoms with Gasteiger partial charge in [0.15, 0.2) is 0 Å². The van der Waals surface area contributed by atoms with E-state index < -0.39 is 23.7 Å². The molecule has 1 aromatic rings. The first-order chi connectivity index (χ1) is 9.28. The van der Waals surface area contributed by atoms with Gasteiger partial charge in [-0.1, -0.05) is 0 Å². The maximum absolute atomic E-state index is 12.1. The number of carboxylic acids is 1. The van der Waals surface area contributed by atoms with Crippen LogP contribution < -0.4 is 5.11 Å². The van der Waals surface area contributed by atoms with Crippen molar-refractivity contribution in [2.75, 3.05) is 0 Å².